The Labute approximate surface area is 92.4 Å². The Kier molecular flexibility index (Phi) is 3.03. The first kappa shape index (κ1) is 12.7. The molecule has 0 amide bonds. The number of aliphatic hydroxyl groups is 1. The molecule has 1 aliphatic rings. The summed E-state index contributed by atoms with van der Waals surface area (Å²) < 4.78 is 0. The fourth-order valence-corrected chi connectivity index (χ4v) is 2.47. The molecule has 0 aromatic carbocycles. The van der Waals surface area contributed by atoms with Crippen LogP contribution in [-0.4, -0.2) is 32.1 Å². The van der Waals surface area contributed by atoms with Gasteiger partial charge in [-0.1, -0.05) is 6.08 Å². The van der Waals surface area contributed by atoms with E-state index in [9.17, 15) is 10.3 Å². The van der Waals surface area contributed by atoms with Gasteiger partial charge >= 0.3 is 0 Å². The van der Waals surface area contributed by atoms with Gasteiger partial charge in [-0.15, -0.1) is 6.58 Å². The molecule has 0 aromatic heterocycles. The number of hydrogen-bond donors (Lipinski definition) is 2. The fourth-order valence-electron chi connectivity index (χ4n) is 2.47. The zero-order valence-electron chi connectivity index (χ0n) is 10.2. The largest absolute Gasteiger partial charge is 0.388 e. The minimum absolute atomic E-state index is 0.281. The van der Waals surface area contributed by atoms with E-state index in [4.69, 9.17) is 0 Å². The van der Waals surface area contributed by atoms with Crippen molar-refractivity contribution in [1.82, 2.24) is 5.06 Å². The van der Waals surface area contributed by atoms with Gasteiger partial charge in [0.05, 0.1) is 11.1 Å². The van der Waals surface area contributed by atoms with Gasteiger partial charge in [0, 0.05) is 5.54 Å². The van der Waals surface area contributed by atoms with Gasteiger partial charge in [-0.05, 0) is 47.0 Å². The quantitative estimate of drug-likeness (QED) is 0.692. The number of nitrogens with zero attached hydrogens (tertiary/aromatic N) is 1. The van der Waals surface area contributed by atoms with E-state index in [1.54, 1.807) is 6.08 Å². The van der Waals surface area contributed by atoms with Crippen molar-refractivity contribution in [3.05, 3.63) is 12.7 Å². The van der Waals surface area contributed by atoms with Crippen LogP contribution in [0.25, 0.3) is 0 Å². The van der Waals surface area contributed by atoms with Gasteiger partial charge in [0.1, 0.15) is 0 Å². The molecular formula is C12H23NO2. The van der Waals surface area contributed by atoms with E-state index in [0.717, 1.165) is 6.42 Å². The van der Waals surface area contributed by atoms with E-state index in [2.05, 4.69) is 6.58 Å². The summed E-state index contributed by atoms with van der Waals surface area (Å²) >= 11 is 0. The smallest absolute Gasteiger partial charge is 0.0882 e. The van der Waals surface area contributed by atoms with Gasteiger partial charge in [0.15, 0.2) is 0 Å². The molecule has 0 radical (unpaired) electrons. The zero-order valence-corrected chi connectivity index (χ0v) is 10.2. The Morgan fingerprint density at radius 1 is 1.27 bits per heavy atom. The highest BCUT2D eigenvalue weighted by Gasteiger charge is 2.54. The highest BCUT2D eigenvalue weighted by atomic mass is 16.5. The summed E-state index contributed by atoms with van der Waals surface area (Å²) in [6.07, 6.45) is 3.69. The van der Waals surface area contributed by atoms with Gasteiger partial charge in [-0.2, -0.15) is 5.06 Å². The lowest BCUT2D eigenvalue weighted by Gasteiger charge is -2.57. The van der Waals surface area contributed by atoms with E-state index in [0.29, 0.717) is 12.8 Å². The minimum Gasteiger partial charge on any atom is -0.388 e. The molecule has 88 valence electrons. The van der Waals surface area contributed by atoms with Crippen molar-refractivity contribution in [2.24, 2.45) is 0 Å². The maximum absolute atomic E-state index is 10.5. The third-order valence-electron chi connectivity index (χ3n) is 3.87. The zero-order chi connectivity index (χ0) is 11.9. The monoisotopic (exact) mass is 213 g/mol. The standard InChI is InChI=1S/C12H23NO2/c1-6-7-12(14)9-8-10(2,3)13(15)11(12,4)5/h6,14-15H,1,7-9H2,2-5H3. The maximum atomic E-state index is 10.5. The Balaban J connectivity index is 3.03. The van der Waals surface area contributed by atoms with E-state index in [1.807, 2.05) is 27.7 Å². The molecule has 0 aromatic rings. The molecular weight excluding hydrogens is 190 g/mol. The Hall–Kier alpha value is -0.380. The van der Waals surface area contributed by atoms with Crippen LogP contribution in [0.3, 0.4) is 0 Å². The Morgan fingerprint density at radius 3 is 2.27 bits per heavy atom. The normalized spacial score (nSPS) is 35.1. The van der Waals surface area contributed by atoms with Crippen molar-refractivity contribution < 1.29 is 10.3 Å². The minimum atomic E-state index is -0.890. The van der Waals surface area contributed by atoms with Gasteiger partial charge < -0.3 is 10.3 Å². The van der Waals surface area contributed by atoms with Gasteiger partial charge in [-0.25, -0.2) is 0 Å². The highest BCUT2D eigenvalue weighted by Crippen LogP contribution is 2.44. The molecule has 3 nitrogen and oxygen atoms in total. The van der Waals surface area contributed by atoms with Gasteiger partial charge in [0.2, 0.25) is 0 Å². The predicted molar refractivity (Wildman–Crippen MR) is 60.8 cm³/mol. The Morgan fingerprint density at radius 2 is 1.80 bits per heavy atom. The second kappa shape index (κ2) is 3.58. The lowest BCUT2D eigenvalue weighted by atomic mass is 9.69. The van der Waals surface area contributed by atoms with Crippen LogP contribution in [0.4, 0.5) is 0 Å². The number of piperidine rings is 1. The molecule has 2 N–H and O–H groups in total. The van der Waals surface area contributed by atoms with Crippen LogP contribution in [0, 0.1) is 0 Å². The average molecular weight is 213 g/mol. The first-order valence-corrected chi connectivity index (χ1v) is 5.50. The molecule has 1 saturated heterocycles. The first-order valence-electron chi connectivity index (χ1n) is 5.50. The molecule has 1 atom stereocenters. The number of rotatable bonds is 2. The molecule has 15 heavy (non-hydrogen) atoms. The molecule has 1 heterocycles. The van der Waals surface area contributed by atoms with Gasteiger partial charge in [-0.3, -0.25) is 0 Å². The summed E-state index contributed by atoms with van der Waals surface area (Å²) in [6, 6.07) is 0. The van der Waals surface area contributed by atoms with Crippen LogP contribution in [0.2, 0.25) is 0 Å². The lowest BCUT2D eigenvalue weighted by Crippen LogP contribution is -2.69. The lowest BCUT2D eigenvalue weighted by molar-refractivity contribution is -0.297. The Bertz CT molecular complexity index is 260. The summed E-state index contributed by atoms with van der Waals surface area (Å²) in [5.74, 6) is 0. The second-order valence-electron chi connectivity index (χ2n) is 5.71. The molecule has 0 aliphatic carbocycles. The maximum Gasteiger partial charge on any atom is 0.0882 e. The van der Waals surface area contributed by atoms with Crippen LogP contribution in [0.5, 0.6) is 0 Å². The van der Waals surface area contributed by atoms with E-state index in [1.165, 1.54) is 5.06 Å². The third kappa shape index (κ3) is 1.84. The summed E-state index contributed by atoms with van der Waals surface area (Å²) in [4.78, 5) is 0. The summed E-state index contributed by atoms with van der Waals surface area (Å²) in [7, 11) is 0. The van der Waals surface area contributed by atoms with Crippen LogP contribution >= 0.6 is 0 Å². The van der Waals surface area contributed by atoms with Crippen LogP contribution in [0.1, 0.15) is 47.0 Å². The molecule has 0 saturated carbocycles. The molecule has 0 bridgehead atoms. The van der Waals surface area contributed by atoms with Crippen molar-refractivity contribution in [3.8, 4) is 0 Å². The summed E-state index contributed by atoms with van der Waals surface area (Å²) in [6.45, 7) is 11.4. The van der Waals surface area contributed by atoms with Gasteiger partial charge in [0.25, 0.3) is 0 Å². The third-order valence-corrected chi connectivity index (χ3v) is 3.87. The van der Waals surface area contributed by atoms with Crippen molar-refractivity contribution in [1.29, 1.82) is 0 Å². The SMILES string of the molecule is C=CCC1(O)CCC(C)(C)N(O)C1(C)C. The van der Waals surface area contributed by atoms with Crippen molar-refractivity contribution >= 4 is 0 Å². The van der Waals surface area contributed by atoms with Crippen molar-refractivity contribution in [3.63, 3.8) is 0 Å². The van der Waals surface area contributed by atoms with Crippen molar-refractivity contribution in [2.45, 2.75) is 63.6 Å². The number of hydrogen-bond acceptors (Lipinski definition) is 3. The average Bonchev–Trinajstić information content (AvgIpc) is 2.12. The summed E-state index contributed by atoms with van der Waals surface area (Å²) in [5.41, 5.74) is -1.82. The molecule has 1 rings (SSSR count). The summed E-state index contributed by atoms with van der Waals surface area (Å²) in [5, 5.41) is 22.0. The molecule has 1 aliphatic heterocycles. The second-order valence-corrected chi connectivity index (χ2v) is 5.71. The molecule has 3 heteroatoms. The molecule has 1 fully saturated rings. The van der Waals surface area contributed by atoms with E-state index >= 15 is 0 Å². The predicted octanol–water partition coefficient (Wildman–Crippen LogP) is 2.34. The first-order chi connectivity index (χ1) is 6.67. The van der Waals surface area contributed by atoms with Crippen molar-refractivity contribution in [2.75, 3.05) is 0 Å². The number of hydroxylamine groups is 2. The van der Waals surface area contributed by atoms with E-state index in [-0.39, 0.29) is 5.54 Å². The topological polar surface area (TPSA) is 43.7 Å². The van der Waals surface area contributed by atoms with Crippen LogP contribution < -0.4 is 0 Å². The fraction of sp³-hybridized carbons (Fsp3) is 0.833. The van der Waals surface area contributed by atoms with E-state index < -0.39 is 11.1 Å². The van der Waals surface area contributed by atoms with Crippen LogP contribution in [-0.2, 0) is 0 Å². The van der Waals surface area contributed by atoms with Crippen LogP contribution in [0.15, 0.2) is 12.7 Å². The highest BCUT2D eigenvalue weighted by molar-refractivity contribution is 5.09. The molecule has 1 unspecified atom stereocenters. The molecule has 0 spiro atoms.